The molecule has 9 nitrogen and oxygen atoms in total. The van der Waals surface area contributed by atoms with Crippen LogP contribution in [0.25, 0.3) is 0 Å². The van der Waals surface area contributed by atoms with Gasteiger partial charge >= 0.3 is 11.8 Å². The summed E-state index contributed by atoms with van der Waals surface area (Å²) >= 11 is 11.8. The van der Waals surface area contributed by atoms with Crippen LogP contribution in [0.2, 0.25) is 10.0 Å². The summed E-state index contributed by atoms with van der Waals surface area (Å²) in [5.74, 6) is -1.56. The molecule has 0 aromatic heterocycles. The monoisotopic (exact) mass is 508 g/mol. The molecule has 3 amide bonds. The maximum Gasteiger partial charge on any atom is 0.329 e. The van der Waals surface area contributed by atoms with Crippen molar-refractivity contribution >= 4 is 52.8 Å². The molecule has 0 aliphatic carbocycles. The molecule has 0 bridgehead atoms. The van der Waals surface area contributed by atoms with Crippen LogP contribution in [-0.4, -0.2) is 49.8 Å². The van der Waals surface area contributed by atoms with Gasteiger partial charge in [0.25, 0.3) is 5.91 Å². The molecule has 0 unspecified atom stereocenters. The fourth-order valence-corrected chi connectivity index (χ4v) is 3.04. The summed E-state index contributed by atoms with van der Waals surface area (Å²) in [5.41, 5.74) is 3.28. The van der Waals surface area contributed by atoms with Gasteiger partial charge in [0.2, 0.25) is 0 Å². The summed E-state index contributed by atoms with van der Waals surface area (Å²) in [4.78, 5) is 35.5. The molecule has 2 aromatic rings. The third-order valence-electron chi connectivity index (χ3n) is 4.04. The van der Waals surface area contributed by atoms with Crippen molar-refractivity contribution in [1.82, 2.24) is 10.7 Å². The van der Waals surface area contributed by atoms with Crippen molar-refractivity contribution in [3.8, 4) is 5.75 Å². The van der Waals surface area contributed by atoms with Gasteiger partial charge in [0, 0.05) is 28.9 Å². The van der Waals surface area contributed by atoms with E-state index < -0.39 is 11.8 Å². The minimum absolute atomic E-state index is 0.119. The maximum absolute atomic E-state index is 12.0. The predicted molar refractivity (Wildman–Crippen MR) is 131 cm³/mol. The predicted octanol–water partition coefficient (Wildman–Crippen LogP) is 3.39. The minimum atomic E-state index is -0.868. The number of hydrogen-bond acceptors (Lipinski definition) is 6. The number of nitrogens with zero attached hydrogens (tertiary/aromatic N) is 1. The van der Waals surface area contributed by atoms with Gasteiger partial charge in [0.05, 0.1) is 12.3 Å². The first-order valence-corrected chi connectivity index (χ1v) is 11.2. The Labute approximate surface area is 207 Å². The fraction of sp³-hybridized carbons (Fsp3) is 0.304. The van der Waals surface area contributed by atoms with Crippen molar-refractivity contribution in [2.45, 2.75) is 26.4 Å². The molecule has 0 heterocycles. The average molecular weight is 509 g/mol. The first-order valence-electron chi connectivity index (χ1n) is 10.4. The Hall–Kier alpha value is -3.14. The van der Waals surface area contributed by atoms with Gasteiger partial charge in [-0.3, -0.25) is 14.4 Å². The molecule has 0 radical (unpaired) electrons. The van der Waals surface area contributed by atoms with E-state index >= 15 is 0 Å². The molecule has 11 heteroatoms. The molecule has 0 aliphatic rings. The number of ether oxygens (including phenoxy) is 2. The van der Waals surface area contributed by atoms with Crippen molar-refractivity contribution in [1.29, 1.82) is 0 Å². The molecule has 0 spiro atoms. The second-order valence-corrected chi connectivity index (χ2v) is 8.17. The quantitative estimate of drug-likeness (QED) is 0.186. The molecule has 2 rings (SSSR count). The number of carbonyl (C=O) groups excluding carboxylic acids is 3. The third-order valence-corrected chi connectivity index (χ3v) is 4.48. The number of benzene rings is 2. The van der Waals surface area contributed by atoms with Crippen molar-refractivity contribution in [2.24, 2.45) is 5.10 Å². The first-order chi connectivity index (χ1) is 16.2. The standard InChI is InChI=1S/C23H26Cl2N4O5/c1-15(2)33-9-3-8-26-22(31)23(32)29-27-13-16-4-6-20(7-5-16)34-14-21(30)28-19-11-17(24)10-18(25)12-19/h4-7,10-13,15H,3,8-9,14H2,1-2H3,(H,26,31)(H,28,30)(H,29,32)/b27-13-. The number of amides is 3. The number of hydrogen-bond donors (Lipinski definition) is 3. The van der Waals surface area contributed by atoms with Crippen LogP contribution in [0, 0.1) is 0 Å². The second-order valence-electron chi connectivity index (χ2n) is 7.29. The lowest BCUT2D eigenvalue weighted by atomic mass is 10.2. The number of hydrazone groups is 1. The van der Waals surface area contributed by atoms with Gasteiger partial charge in [-0.05, 0) is 68.3 Å². The van der Waals surface area contributed by atoms with E-state index in [0.717, 1.165) is 0 Å². The van der Waals surface area contributed by atoms with Crippen LogP contribution < -0.4 is 20.8 Å². The van der Waals surface area contributed by atoms with Gasteiger partial charge in [-0.15, -0.1) is 0 Å². The zero-order chi connectivity index (χ0) is 24.9. The van der Waals surface area contributed by atoms with Crippen LogP contribution in [0.5, 0.6) is 5.75 Å². The smallest absolute Gasteiger partial charge is 0.329 e. The van der Waals surface area contributed by atoms with Crippen molar-refractivity contribution in [3.63, 3.8) is 0 Å². The lowest BCUT2D eigenvalue weighted by Crippen LogP contribution is -2.38. The highest BCUT2D eigenvalue weighted by atomic mass is 35.5. The van der Waals surface area contributed by atoms with Gasteiger partial charge in [0.1, 0.15) is 5.75 Å². The van der Waals surface area contributed by atoms with Crippen molar-refractivity contribution < 1.29 is 23.9 Å². The number of anilines is 1. The van der Waals surface area contributed by atoms with E-state index in [2.05, 4.69) is 21.2 Å². The Morgan fingerprint density at radius 1 is 1.03 bits per heavy atom. The molecular weight excluding hydrogens is 483 g/mol. The van der Waals surface area contributed by atoms with E-state index in [0.29, 0.717) is 46.6 Å². The topological polar surface area (TPSA) is 118 Å². The van der Waals surface area contributed by atoms with Gasteiger partial charge in [0.15, 0.2) is 6.61 Å². The molecule has 0 atom stereocenters. The summed E-state index contributed by atoms with van der Waals surface area (Å²) in [7, 11) is 0. The van der Waals surface area contributed by atoms with Gasteiger partial charge < -0.3 is 20.1 Å². The second kappa shape index (κ2) is 14.2. The van der Waals surface area contributed by atoms with Crippen molar-refractivity contribution in [2.75, 3.05) is 25.1 Å². The van der Waals surface area contributed by atoms with E-state index in [-0.39, 0.29) is 18.6 Å². The zero-order valence-electron chi connectivity index (χ0n) is 18.8. The average Bonchev–Trinajstić information content (AvgIpc) is 2.77. The lowest BCUT2D eigenvalue weighted by molar-refractivity contribution is -0.139. The van der Waals surface area contributed by atoms with Crippen LogP contribution in [0.4, 0.5) is 5.69 Å². The number of nitrogens with one attached hydrogen (secondary N) is 3. The molecule has 0 aliphatic heterocycles. The highest BCUT2D eigenvalue weighted by molar-refractivity contribution is 6.35. The summed E-state index contributed by atoms with van der Waals surface area (Å²) in [6, 6.07) is 11.3. The zero-order valence-corrected chi connectivity index (χ0v) is 20.3. The molecule has 3 N–H and O–H groups in total. The minimum Gasteiger partial charge on any atom is -0.484 e. The highest BCUT2D eigenvalue weighted by Crippen LogP contribution is 2.22. The van der Waals surface area contributed by atoms with E-state index in [1.165, 1.54) is 6.21 Å². The molecule has 182 valence electrons. The highest BCUT2D eigenvalue weighted by Gasteiger charge is 2.11. The Balaban J connectivity index is 1.70. The van der Waals surface area contributed by atoms with Crippen LogP contribution in [0.3, 0.4) is 0 Å². The normalized spacial score (nSPS) is 10.9. The first kappa shape index (κ1) is 27.1. The number of rotatable bonds is 11. The Kier molecular flexibility index (Phi) is 11.3. The number of halogens is 2. The van der Waals surface area contributed by atoms with Crippen LogP contribution in [0.1, 0.15) is 25.8 Å². The number of carbonyl (C=O) groups is 3. The molecule has 0 fully saturated rings. The molecule has 34 heavy (non-hydrogen) atoms. The molecule has 0 saturated heterocycles. The van der Waals surface area contributed by atoms with E-state index in [1.807, 2.05) is 13.8 Å². The fourth-order valence-electron chi connectivity index (χ4n) is 2.51. The SMILES string of the molecule is CC(C)OCCCNC(=O)C(=O)N/N=C\c1ccc(OCC(=O)Nc2cc(Cl)cc(Cl)c2)cc1. The van der Waals surface area contributed by atoms with Crippen LogP contribution in [0.15, 0.2) is 47.6 Å². The molecule has 2 aromatic carbocycles. The van der Waals surface area contributed by atoms with Gasteiger partial charge in [-0.1, -0.05) is 23.2 Å². The molecule has 0 saturated carbocycles. The van der Waals surface area contributed by atoms with Crippen molar-refractivity contribution in [3.05, 3.63) is 58.1 Å². The van der Waals surface area contributed by atoms with E-state index in [1.54, 1.807) is 42.5 Å². The Morgan fingerprint density at radius 2 is 1.71 bits per heavy atom. The summed E-state index contributed by atoms with van der Waals surface area (Å²) in [6.07, 6.45) is 2.10. The Morgan fingerprint density at radius 3 is 2.35 bits per heavy atom. The van der Waals surface area contributed by atoms with Crippen LogP contribution >= 0.6 is 23.2 Å². The van der Waals surface area contributed by atoms with E-state index in [9.17, 15) is 14.4 Å². The molecular formula is C23H26Cl2N4O5. The maximum atomic E-state index is 12.0. The van der Waals surface area contributed by atoms with Crippen LogP contribution in [-0.2, 0) is 19.1 Å². The largest absolute Gasteiger partial charge is 0.484 e. The van der Waals surface area contributed by atoms with Gasteiger partial charge in [-0.2, -0.15) is 5.10 Å². The van der Waals surface area contributed by atoms with E-state index in [4.69, 9.17) is 32.7 Å². The summed E-state index contributed by atoms with van der Waals surface area (Å²) in [5, 5.41) is 9.71. The lowest BCUT2D eigenvalue weighted by Gasteiger charge is -2.08. The third kappa shape index (κ3) is 10.7. The summed E-state index contributed by atoms with van der Waals surface area (Å²) < 4.78 is 10.8. The van der Waals surface area contributed by atoms with Gasteiger partial charge in [-0.25, -0.2) is 5.43 Å². The summed E-state index contributed by atoms with van der Waals surface area (Å²) in [6.45, 7) is 4.45. The Bertz CT molecular complexity index is 993.